The quantitative estimate of drug-likeness (QED) is 0.399. The fourth-order valence-corrected chi connectivity index (χ4v) is 1.62. The Bertz CT molecular complexity index is 188. The van der Waals surface area contributed by atoms with Crippen LogP contribution in [0.15, 0.2) is 0 Å². The van der Waals surface area contributed by atoms with E-state index in [0.717, 1.165) is 0 Å². The molecular weight excluding hydrogens is 174 g/mol. The minimum atomic E-state index is -1.14. The third-order valence-corrected chi connectivity index (χ3v) is 2.34. The zero-order valence-corrected chi connectivity index (χ0v) is 8.62. The van der Waals surface area contributed by atoms with Crippen LogP contribution in [0.5, 0.6) is 0 Å². The number of hydrogen-bond donors (Lipinski definition) is 0. The molecule has 2 unspecified atom stereocenters. The van der Waals surface area contributed by atoms with Gasteiger partial charge in [0, 0.05) is 11.9 Å². The van der Waals surface area contributed by atoms with Crippen molar-refractivity contribution in [1.82, 2.24) is 0 Å². The molecule has 0 radical (unpaired) electrons. The Balaban J connectivity index is 0. The van der Waals surface area contributed by atoms with E-state index < -0.39 is 23.8 Å². The molecule has 4 nitrogen and oxygen atoms in total. The summed E-state index contributed by atoms with van der Waals surface area (Å²) in [7, 11) is 0. The SMILES string of the molecule is O=C([O-])C1CCCC(C(=O)[O-])C1.[Li+].[Li+]. The smallest absolute Gasteiger partial charge is 0.550 e. The van der Waals surface area contributed by atoms with E-state index >= 15 is 0 Å². The molecule has 1 rings (SSSR count). The van der Waals surface area contributed by atoms with Crippen LogP contribution in [-0.2, 0) is 9.59 Å². The maximum atomic E-state index is 10.4. The van der Waals surface area contributed by atoms with Crippen LogP contribution in [-0.4, -0.2) is 11.9 Å². The number of carboxylic acids is 2. The molecule has 1 aliphatic carbocycles. The molecule has 68 valence electrons. The van der Waals surface area contributed by atoms with Crippen LogP contribution in [0.25, 0.3) is 0 Å². The summed E-state index contributed by atoms with van der Waals surface area (Å²) in [6.45, 7) is 0. The summed E-state index contributed by atoms with van der Waals surface area (Å²) in [5.74, 6) is -3.47. The summed E-state index contributed by atoms with van der Waals surface area (Å²) >= 11 is 0. The summed E-state index contributed by atoms with van der Waals surface area (Å²) < 4.78 is 0. The summed E-state index contributed by atoms with van der Waals surface area (Å²) in [5.41, 5.74) is 0. The van der Waals surface area contributed by atoms with Crippen LogP contribution in [0.4, 0.5) is 0 Å². The number of carboxylic acid groups (broad SMARTS) is 2. The Morgan fingerprint density at radius 3 is 1.57 bits per heavy atom. The fraction of sp³-hybridized carbons (Fsp3) is 0.750. The maximum Gasteiger partial charge on any atom is 1.00 e. The Labute approximate surface area is 107 Å². The van der Waals surface area contributed by atoms with Gasteiger partial charge in [-0.2, -0.15) is 0 Å². The van der Waals surface area contributed by atoms with Crippen LogP contribution < -0.4 is 47.9 Å². The van der Waals surface area contributed by atoms with Crippen LogP contribution >= 0.6 is 0 Å². The van der Waals surface area contributed by atoms with Crippen molar-refractivity contribution in [3.8, 4) is 0 Å². The number of carbonyl (C=O) groups is 2. The fourth-order valence-electron chi connectivity index (χ4n) is 1.62. The van der Waals surface area contributed by atoms with Crippen LogP contribution in [0, 0.1) is 11.8 Å². The van der Waals surface area contributed by atoms with Crippen molar-refractivity contribution in [2.45, 2.75) is 25.7 Å². The predicted molar refractivity (Wildman–Crippen MR) is 35.5 cm³/mol. The van der Waals surface area contributed by atoms with Gasteiger partial charge in [-0.15, -0.1) is 0 Å². The van der Waals surface area contributed by atoms with E-state index in [4.69, 9.17) is 0 Å². The summed E-state index contributed by atoms with van der Waals surface area (Å²) in [4.78, 5) is 20.8. The molecule has 0 N–H and O–H groups in total. The largest absolute Gasteiger partial charge is 1.00 e. The van der Waals surface area contributed by atoms with E-state index in [0.29, 0.717) is 19.3 Å². The molecule has 1 fully saturated rings. The number of rotatable bonds is 2. The zero-order valence-electron chi connectivity index (χ0n) is 8.62. The molecule has 0 amide bonds. The monoisotopic (exact) mass is 184 g/mol. The Kier molecular flexibility index (Phi) is 8.79. The molecule has 0 saturated heterocycles. The van der Waals surface area contributed by atoms with Crippen LogP contribution in [0.2, 0.25) is 0 Å². The van der Waals surface area contributed by atoms with Gasteiger partial charge >= 0.3 is 37.7 Å². The molecule has 0 aromatic rings. The van der Waals surface area contributed by atoms with Crippen LogP contribution in [0.3, 0.4) is 0 Å². The third kappa shape index (κ3) is 4.57. The Morgan fingerprint density at radius 2 is 1.29 bits per heavy atom. The molecule has 0 aromatic heterocycles. The molecule has 0 aromatic carbocycles. The maximum absolute atomic E-state index is 10.4. The van der Waals surface area contributed by atoms with E-state index in [1.807, 2.05) is 0 Å². The molecule has 14 heavy (non-hydrogen) atoms. The van der Waals surface area contributed by atoms with Crippen molar-refractivity contribution in [3.63, 3.8) is 0 Å². The Hall–Kier alpha value is 0.135. The number of aliphatic carboxylic acids is 2. The van der Waals surface area contributed by atoms with E-state index in [2.05, 4.69) is 0 Å². The van der Waals surface area contributed by atoms with Gasteiger partial charge in [0.1, 0.15) is 0 Å². The first-order chi connectivity index (χ1) is 5.61. The number of carbonyl (C=O) groups excluding carboxylic acids is 2. The van der Waals surface area contributed by atoms with Gasteiger partial charge in [0.05, 0.1) is 0 Å². The van der Waals surface area contributed by atoms with Gasteiger partial charge in [0.15, 0.2) is 0 Å². The van der Waals surface area contributed by atoms with Crippen molar-refractivity contribution in [3.05, 3.63) is 0 Å². The minimum absolute atomic E-state index is 0. The molecular formula is C8H10Li2O4. The summed E-state index contributed by atoms with van der Waals surface area (Å²) in [6.07, 6.45) is 1.88. The second-order valence-corrected chi connectivity index (χ2v) is 3.20. The van der Waals surface area contributed by atoms with Gasteiger partial charge in [0.2, 0.25) is 0 Å². The average Bonchev–Trinajstić information content (AvgIpc) is 2.04. The van der Waals surface area contributed by atoms with Gasteiger partial charge in [-0.25, -0.2) is 0 Å². The van der Waals surface area contributed by atoms with Crippen molar-refractivity contribution in [2.24, 2.45) is 11.8 Å². The van der Waals surface area contributed by atoms with E-state index in [-0.39, 0.29) is 44.1 Å². The van der Waals surface area contributed by atoms with Crippen molar-refractivity contribution in [1.29, 1.82) is 0 Å². The topological polar surface area (TPSA) is 80.3 Å². The molecule has 6 heteroatoms. The summed E-state index contributed by atoms with van der Waals surface area (Å²) in [6, 6.07) is 0. The average molecular weight is 184 g/mol. The minimum Gasteiger partial charge on any atom is -0.550 e. The molecule has 0 spiro atoms. The van der Waals surface area contributed by atoms with Gasteiger partial charge in [0.25, 0.3) is 0 Å². The van der Waals surface area contributed by atoms with E-state index in [1.54, 1.807) is 0 Å². The van der Waals surface area contributed by atoms with Gasteiger partial charge in [-0.05, 0) is 31.1 Å². The molecule has 0 bridgehead atoms. The van der Waals surface area contributed by atoms with Crippen molar-refractivity contribution >= 4 is 11.9 Å². The van der Waals surface area contributed by atoms with E-state index in [1.165, 1.54) is 0 Å². The number of hydrogen-bond acceptors (Lipinski definition) is 4. The van der Waals surface area contributed by atoms with Gasteiger partial charge in [-0.1, -0.05) is 6.42 Å². The van der Waals surface area contributed by atoms with Crippen molar-refractivity contribution < 1.29 is 57.5 Å². The molecule has 1 saturated carbocycles. The third-order valence-electron chi connectivity index (χ3n) is 2.34. The standard InChI is InChI=1S/C8H12O4.2Li/c9-7(10)5-2-1-3-6(4-5)8(11)12;;/h5-6H,1-4H2,(H,9,10)(H,11,12);;/q;2*+1/p-2. The Morgan fingerprint density at radius 1 is 0.929 bits per heavy atom. The normalized spacial score (nSPS) is 25.4. The molecule has 0 heterocycles. The molecule has 2 atom stereocenters. The first-order valence-corrected chi connectivity index (χ1v) is 4.03. The van der Waals surface area contributed by atoms with Crippen LogP contribution in [0.1, 0.15) is 25.7 Å². The second kappa shape index (κ2) is 7.43. The van der Waals surface area contributed by atoms with Gasteiger partial charge < -0.3 is 19.8 Å². The van der Waals surface area contributed by atoms with E-state index in [9.17, 15) is 19.8 Å². The second-order valence-electron chi connectivity index (χ2n) is 3.20. The summed E-state index contributed by atoms with van der Waals surface area (Å²) in [5, 5.41) is 20.8. The van der Waals surface area contributed by atoms with Gasteiger partial charge in [-0.3, -0.25) is 0 Å². The zero-order chi connectivity index (χ0) is 9.14. The molecule has 0 aliphatic heterocycles. The predicted octanol–water partition coefficient (Wildman–Crippen LogP) is -7.70. The first kappa shape index (κ1) is 16.6. The molecule has 1 aliphatic rings. The van der Waals surface area contributed by atoms with Crippen molar-refractivity contribution in [2.75, 3.05) is 0 Å². The first-order valence-electron chi connectivity index (χ1n) is 4.03.